The van der Waals surface area contributed by atoms with Crippen LogP contribution >= 0.6 is 0 Å². The van der Waals surface area contributed by atoms with Crippen LogP contribution in [0.2, 0.25) is 0 Å². The zero-order valence-electron chi connectivity index (χ0n) is 10.6. The molecule has 0 spiro atoms. The molecule has 0 saturated carbocycles. The summed E-state index contributed by atoms with van der Waals surface area (Å²) in [6.07, 6.45) is -6.58. The summed E-state index contributed by atoms with van der Waals surface area (Å²) in [7, 11) is 2.74. The number of nitrogens with two attached hydrogens (primary N) is 1. The molecule has 0 aromatic heterocycles. The monoisotopic (exact) mass is 279 g/mol. The van der Waals surface area contributed by atoms with Crippen LogP contribution in [0.25, 0.3) is 0 Å². The Bertz CT molecular complexity index is 423. The first kappa shape index (κ1) is 15.6. The summed E-state index contributed by atoms with van der Waals surface area (Å²) in [5, 5.41) is 9.87. The summed E-state index contributed by atoms with van der Waals surface area (Å²) < 4.78 is 47.1. The fourth-order valence-electron chi connectivity index (χ4n) is 1.68. The maximum atomic E-state index is 12.4. The van der Waals surface area contributed by atoms with Crippen molar-refractivity contribution < 1.29 is 27.8 Å². The van der Waals surface area contributed by atoms with Crippen LogP contribution in [-0.2, 0) is 0 Å². The summed E-state index contributed by atoms with van der Waals surface area (Å²) in [6, 6.07) is 2.51. The number of rotatable bonds is 5. The van der Waals surface area contributed by atoms with E-state index in [1.165, 1.54) is 20.3 Å². The summed E-state index contributed by atoms with van der Waals surface area (Å²) in [5.41, 5.74) is 5.20. The molecule has 2 atom stereocenters. The summed E-state index contributed by atoms with van der Waals surface area (Å²) in [5.74, 6) is 0.534. The van der Waals surface area contributed by atoms with Gasteiger partial charge in [0.05, 0.1) is 20.3 Å². The standard InChI is InChI=1S/C12H16F3NO3/c1-18-9-5-3-4-7(11(9)19-2)8(17)6-10(16)12(13,14)15/h3-5,8,10,17H,6,16H2,1-2H3/t8-,10+/m0/s1. The number of aliphatic hydroxyl groups is 1. The first-order chi connectivity index (χ1) is 8.81. The molecule has 0 aliphatic rings. The van der Waals surface area contributed by atoms with E-state index in [-0.39, 0.29) is 11.3 Å². The smallest absolute Gasteiger partial charge is 0.403 e. The Kier molecular flexibility index (Phi) is 5.02. The Morgan fingerprint density at radius 1 is 1.26 bits per heavy atom. The minimum absolute atomic E-state index is 0.201. The molecule has 0 bridgehead atoms. The lowest BCUT2D eigenvalue weighted by molar-refractivity contribution is -0.153. The van der Waals surface area contributed by atoms with Crippen LogP contribution in [0, 0.1) is 0 Å². The van der Waals surface area contributed by atoms with Gasteiger partial charge in [0.2, 0.25) is 0 Å². The maximum Gasteiger partial charge on any atom is 0.403 e. The number of alkyl halides is 3. The Labute approximate surface area is 108 Å². The van der Waals surface area contributed by atoms with Crippen molar-refractivity contribution in [1.82, 2.24) is 0 Å². The van der Waals surface area contributed by atoms with Gasteiger partial charge in [-0.1, -0.05) is 12.1 Å². The predicted molar refractivity (Wildman–Crippen MR) is 63.2 cm³/mol. The zero-order valence-corrected chi connectivity index (χ0v) is 10.6. The van der Waals surface area contributed by atoms with Crippen molar-refractivity contribution in [3.63, 3.8) is 0 Å². The highest BCUT2D eigenvalue weighted by Crippen LogP contribution is 2.37. The number of aliphatic hydroxyl groups excluding tert-OH is 1. The van der Waals surface area contributed by atoms with Crippen LogP contribution in [-0.4, -0.2) is 31.5 Å². The van der Waals surface area contributed by atoms with Gasteiger partial charge in [-0.3, -0.25) is 0 Å². The van der Waals surface area contributed by atoms with Crippen molar-refractivity contribution in [3.8, 4) is 11.5 Å². The largest absolute Gasteiger partial charge is 0.493 e. The highest BCUT2D eigenvalue weighted by molar-refractivity contribution is 5.47. The van der Waals surface area contributed by atoms with Gasteiger partial charge in [0.25, 0.3) is 0 Å². The van der Waals surface area contributed by atoms with E-state index in [1.54, 1.807) is 12.1 Å². The molecule has 1 rings (SSSR count). The quantitative estimate of drug-likeness (QED) is 0.865. The minimum atomic E-state index is -4.55. The summed E-state index contributed by atoms with van der Waals surface area (Å²) >= 11 is 0. The fourth-order valence-corrected chi connectivity index (χ4v) is 1.68. The van der Waals surface area contributed by atoms with Gasteiger partial charge in [0, 0.05) is 12.0 Å². The second-order valence-corrected chi connectivity index (χ2v) is 3.98. The van der Waals surface area contributed by atoms with Crippen molar-refractivity contribution in [1.29, 1.82) is 0 Å². The van der Waals surface area contributed by atoms with Gasteiger partial charge in [-0.2, -0.15) is 13.2 Å². The predicted octanol–water partition coefficient (Wildman–Crippen LogP) is 2.02. The van der Waals surface area contributed by atoms with Gasteiger partial charge in [-0.05, 0) is 6.07 Å². The van der Waals surface area contributed by atoms with Gasteiger partial charge in [-0.15, -0.1) is 0 Å². The van der Waals surface area contributed by atoms with E-state index >= 15 is 0 Å². The third-order valence-electron chi connectivity index (χ3n) is 2.69. The Balaban J connectivity index is 2.97. The number of para-hydroxylation sites is 1. The van der Waals surface area contributed by atoms with Crippen LogP contribution in [0.5, 0.6) is 11.5 Å². The van der Waals surface area contributed by atoms with Crippen LogP contribution in [0.15, 0.2) is 18.2 Å². The highest BCUT2D eigenvalue weighted by atomic mass is 19.4. The molecule has 0 aliphatic heterocycles. The lowest BCUT2D eigenvalue weighted by Gasteiger charge is -2.21. The van der Waals surface area contributed by atoms with Crippen molar-refractivity contribution >= 4 is 0 Å². The van der Waals surface area contributed by atoms with Gasteiger partial charge in [0.1, 0.15) is 6.04 Å². The summed E-state index contributed by atoms with van der Waals surface area (Å²) in [4.78, 5) is 0. The van der Waals surface area contributed by atoms with Gasteiger partial charge < -0.3 is 20.3 Å². The Morgan fingerprint density at radius 2 is 1.89 bits per heavy atom. The molecule has 1 aromatic rings. The molecule has 4 nitrogen and oxygen atoms in total. The number of methoxy groups -OCH3 is 2. The average molecular weight is 279 g/mol. The topological polar surface area (TPSA) is 64.7 Å². The zero-order chi connectivity index (χ0) is 14.6. The second kappa shape index (κ2) is 6.12. The molecule has 0 amide bonds. The molecule has 1 aromatic carbocycles. The Hall–Kier alpha value is -1.47. The molecule has 19 heavy (non-hydrogen) atoms. The molecule has 0 aliphatic carbocycles. The number of hydrogen-bond donors (Lipinski definition) is 2. The Morgan fingerprint density at radius 3 is 2.37 bits per heavy atom. The number of benzene rings is 1. The van der Waals surface area contributed by atoms with Crippen molar-refractivity contribution in [2.24, 2.45) is 5.73 Å². The molecule has 3 N–H and O–H groups in total. The van der Waals surface area contributed by atoms with Crippen LogP contribution < -0.4 is 15.2 Å². The number of hydrogen-bond acceptors (Lipinski definition) is 4. The van der Waals surface area contributed by atoms with Gasteiger partial charge in [0.15, 0.2) is 11.5 Å². The number of ether oxygens (including phenoxy) is 2. The first-order valence-corrected chi connectivity index (χ1v) is 5.52. The van der Waals surface area contributed by atoms with Gasteiger partial charge in [-0.25, -0.2) is 0 Å². The molecular weight excluding hydrogens is 263 g/mol. The molecule has 0 saturated heterocycles. The van der Waals surface area contributed by atoms with Crippen molar-refractivity contribution in [2.75, 3.05) is 14.2 Å². The van der Waals surface area contributed by atoms with Crippen LogP contribution in [0.4, 0.5) is 13.2 Å². The third kappa shape index (κ3) is 3.74. The van der Waals surface area contributed by atoms with E-state index < -0.39 is 24.7 Å². The molecule has 0 heterocycles. The van der Waals surface area contributed by atoms with Crippen molar-refractivity contribution in [3.05, 3.63) is 23.8 Å². The molecule has 0 fully saturated rings. The minimum Gasteiger partial charge on any atom is -0.493 e. The van der Waals surface area contributed by atoms with E-state index in [9.17, 15) is 18.3 Å². The third-order valence-corrected chi connectivity index (χ3v) is 2.69. The second-order valence-electron chi connectivity index (χ2n) is 3.98. The van der Waals surface area contributed by atoms with E-state index in [1.807, 2.05) is 0 Å². The highest BCUT2D eigenvalue weighted by Gasteiger charge is 2.38. The molecular formula is C12H16F3NO3. The van der Waals surface area contributed by atoms with Crippen LogP contribution in [0.1, 0.15) is 18.1 Å². The molecule has 0 unspecified atom stereocenters. The van der Waals surface area contributed by atoms with Gasteiger partial charge >= 0.3 is 6.18 Å². The molecule has 108 valence electrons. The van der Waals surface area contributed by atoms with E-state index in [4.69, 9.17) is 15.2 Å². The fraction of sp³-hybridized carbons (Fsp3) is 0.500. The average Bonchev–Trinajstić information content (AvgIpc) is 2.36. The van der Waals surface area contributed by atoms with E-state index in [2.05, 4.69) is 0 Å². The SMILES string of the molecule is COc1cccc([C@@H](O)C[C@@H](N)C(F)(F)F)c1OC. The first-order valence-electron chi connectivity index (χ1n) is 5.52. The maximum absolute atomic E-state index is 12.4. The normalized spacial score (nSPS) is 14.9. The number of halogens is 3. The van der Waals surface area contributed by atoms with E-state index in [0.29, 0.717) is 5.75 Å². The molecule has 0 radical (unpaired) electrons. The van der Waals surface area contributed by atoms with Crippen molar-refractivity contribution in [2.45, 2.75) is 24.7 Å². The summed E-state index contributed by atoms with van der Waals surface area (Å²) in [6.45, 7) is 0. The lowest BCUT2D eigenvalue weighted by atomic mass is 10.0. The lowest BCUT2D eigenvalue weighted by Crippen LogP contribution is -2.38. The van der Waals surface area contributed by atoms with E-state index in [0.717, 1.165) is 0 Å². The molecule has 7 heteroatoms. The van der Waals surface area contributed by atoms with Crippen LogP contribution in [0.3, 0.4) is 0 Å².